The molecule has 8 heteroatoms. The van der Waals surface area contributed by atoms with Crippen molar-refractivity contribution in [3.05, 3.63) is 0 Å². The van der Waals surface area contributed by atoms with Crippen molar-refractivity contribution in [3.8, 4) is 6.01 Å². The Labute approximate surface area is 118 Å². The standard InChI is InChI=1S/C12H23N5O3/c1-5-13-10-15-11(14-9(6-18)7-19-4)17-12(16-10)20-8(2)3/h8-9,18H,5-7H2,1-4H3,(H2,13,14,15,16,17). The van der Waals surface area contributed by atoms with Crippen molar-refractivity contribution in [3.63, 3.8) is 0 Å². The lowest BCUT2D eigenvalue weighted by Crippen LogP contribution is -2.30. The van der Waals surface area contributed by atoms with E-state index in [0.717, 1.165) is 0 Å². The van der Waals surface area contributed by atoms with Crippen molar-refractivity contribution in [1.29, 1.82) is 0 Å². The SMILES string of the molecule is CCNc1nc(NC(CO)COC)nc(OC(C)C)n1. The van der Waals surface area contributed by atoms with Crippen LogP contribution >= 0.6 is 0 Å². The van der Waals surface area contributed by atoms with Crippen LogP contribution < -0.4 is 15.4 Å². The van der Waals surface area contributed by atoms with Gasteiger partial charge in [-0.05, 0) is 20.8 Å². The summed E-state index contributed by atoms with van der Waals surface area (Å²) in [4.78, 5) is 12.5. The summed E-state index contributed by atoms with van der Waals surface area (Å²) < 4.78 is 10.5. The third kappa shape index (κ3) is 5.54. The molecule has 1 unspecified atom stereocenters. The quantitative estimate of drug-likeness (QED) is 0.603. The van der Waals surface area contributed by atoms with Gasteiger partial charge in [-0.25, -0.2) is 0 Å². The fourth-order valence-electron chi connectivity index (χ4n) is 1.45. The summed E-state index contributed by atoms with van der Waals surface area (Å²) in [5.41, 5.74) is 0. The van der Waals surface area contributed by atoms with Gasteiger partial charge in [0.05, 0.1) is 25.4 Å². The molecule has 0 aromatic carbocycles. The van der Waals surface area contributed by atoms with Gasteiger partial charge in [0, 0.05) is 13.7 Å². The second kappa shape index (κ2) is 8.49. The molecule has 0 aliphatic carbocycles. The number of nitrogens with zero attached hydrogens (tertiary/aromatic N) is 3. The van der Waals surface area contributed by atoms with Gasteiger partial charge >= 0.3 is 6.01 Å². The molecule has 8 nitrogen and oxygen atoms in total. The first-order chi connectivity index (χ1) is 9.58. The van der Waals surface area contributed by atoms with E-state index >= 15 is 0 Å². The molecule has 1 aromatic heterocycles. The maximum Gasteiger partial charge on any atom is 0.323 e. The smallest absolute Gasteiger partial charge is 0.323 e. The minimum Gasteiger partial charge on any atom is -0.461 e. The van der Waals surface area contributed by atoms with E-state index in [4.69, 9.17) is 9.47 Å². The molecule has 0 aliphatic rings. The van der Waals surface area contributed by atoms with Gasteiger partial charge in [-0.15, -0.1) is 0 Å². The first-order valence-corrected chi connectivity index (χ1v) is 6.62. The summed E-state index contributed by atoms with van der Waals surface area (Å²) >= 11 is 0. The highest BCUT2D eigenvalue weighted by molar-refractivity contribution is 5.36. The van der Waals surface area contributed by atoms with E-state index in [2.05, 4.69) is 25.6 Å². The molecule has 0 saturated carbocycles. The second-order valence-corrected chi connectivity index (χ2v) is 4.44. The largest absolute Gasteiger partial charge is 0.461 e. The Morgan fingerprint density at radius 3 is 2.45 bits per heavy atom. The lowest BCUT2D eigenvalue weighted by atomic mass is 10.3. The molecule has 0 spiro atoms. The number of aromatic nitrogens is 3. The lowest BCUT2D eigenvalue weighted by Gasteiger charge is -2.16. The van der Waals surface area contributed by atoms with Crippen LogP contribution in [0.2, 0.25) is 0 Å². The fraction of sp³-hybridized carbons (Fsp3) is 0.750. The van der Waals surface area contributed by atoms with Crippen LogP contribution in [0.25, 0.3) is 0 Å². The van der Waals surface area contributed by atoms with Crippen LogP contribution in [0, 0.1) is 0 Å². The maximum atomic E-state index is 9.25. The van der Waals surface area contributed by atoms with Crippen molar-refractivity contribution >= 4 is 11.9 Å². The zero-order valence-corrected chi connectivity index (χ0v) is 12.4. The molecule has 0 radical (unpaired) electrons. The summed E-state index contributed by atoms with van der Waals surface area (Å²) in [5.74, 6) is 0.762. The van der Waals surface area contributed by atoms with Crippen molar-refractivity contribution < 1.29 is 14.6 Å². The minimum absolute atomic E-state index is 0.0349. The highest BCUT2D eigenvalue weighted by Gasteiger charge is 2.13. The summed E-state index contributed by atoms with van der Waals surface area (Å²) in [6, 6.07) is -0.0497. The number of aliphatic hydroxyl groups excluding tert-OH is 1. The molecule has 0 amide bonds. The number of rotatable bonds is 9. The van der Waals surface area contributed by atoms with Gasteiger partial charge in [0.2, 0.25) is 11.9 Å². The van der Waals surface area contributed by atoms with Gasteiger partial charge in [0.1, 0.15) is 0 Å². The predicted octanol–water partition coefficient (Wildman–Crippen LogP) is 0.510. The number of hydrogen-bond donors (Lipinski definition) is 3. The Balaban J connectivity index is 2.89. The fourth-order valence-corrected chi connectivity index (χ4v) is 1.45. The molecule has 0 aliphatic heterocycles. The van der Waals surface area contributed by atoms with E-state index in [-0.39, 0.29) is 24.8 Å². The van der Waals surface area contributed by atoms with Crippen molar-refractivity contribution in [2.24, 2.45) is 0 Å². The van der Waals surface area contributed by atoms with Crippen molar-refractivity contribution in [2.45, 2.75) is 32.9 Å². The molecular formula is C12H23N5O3. The average molecular weight is 285 g/mol. The van der Waals surface area contributed by atoms with Crippen LogP contribution in [-0.4, -0.2) is 59.1 Å². The second-order valence-electron chi connectivity index (χ2n) is 4.44. The number of methoxy groups -OCH3 is 1. The monoisotopic (exact) mass is 285 g/mol. The maximum absolute atomic E-state index is 9.25. The summed E-state index contributed by atoms with van der Waals surface area (Å²) in [6.45, 7) is 6.68. The van der Waals surface area contributed by atoms with E-state index in [9.17, 15) is 5.11 Å². The zero-order valence-electron chi connectivity index (χ0n) is 12.4. The minimum atomic E-state index is -0.288. The third-order valence-electron chi connectivity index (χ3n) is 2.21. The molecule has 0 fully saturated rings. The number of hydrogen-bond acceptors (Lipinski definition) is 8. The van der Waals surface area contributed by atoms with Crippen molar-refractivity contribution in [1.82, 2.24) is 15.0 Å². The van der Waals surface area contributed by atoms with Gasteiger partial charge in [-0.3, -0.25) is 0 Å². The average Bonchev–Trinajstić information content (AvgIpc) is 2.37. The van der Waals surface area contributed by atoms with E-state index in [1.807, 2.05) is 20.8 Å². The summed E-state index contributed by atoms with van der Waals surface area (Å²) in [5, 5.41) is 15.2. The van der Waals surface area contributed by atoms with E-state index in [1.165, 1.54) is 0 Å². The van der Waals surface area contributed by atoms with Gasteiger partial charge in [0.15, 0.2) is 0 Å². The number of anilines is 2. The van der Waals surface area contributed by atoms with Crippen LogP contribution in [-0.2, 0) is 4.74 Å². The van der Waals surface area contributed by atoms with E-state index < -0.39 is 0 Å². The van der Waals surface area contributed by atoms with Gasteiger partial charge in [-0.2, -0.15) is 15.0 Å². The van der Waals surface area contributed by atoms with Crippen LogP contribution in [0.5, 0.6) is 6.01 Å². The first-order valence-electron chi connectivity index (χ1n) is 6.62. The molecule has 20 heavy (non-hydrogen) atoms. The zero-order chi connectivity index (χ0) is 15.0. The van der Waals surface area contributed by atoms with Crippen LogP contribution in [0.3, 0.4) is 0 Å². The number of nitrogens with one attached hydrogen (secondary N) is 2. The highest BCUT2D eigenvalue weighted by atomic mass is 16.5. The Bertz CT molecular complexity index is 403. The van der Waals surface area contributed by atoms with Crippen LogP contribution in [0.1, 0.15) is 20.8 Å². The van der Waals surface area contributed by atoms with Gasteiger partial charge in [0.25, 0.3) is 0 Å². The highest BCUT2D eigenvalue weighted by Crippen LogP contribution is 2.13. The number of aliphatic hydroxyl groups is 1. The predicted molar refractivity (Wildman–Crippen MR) is 76.1 cm³/mol. The van der Waals surface area contributed by atoms with Crippen LogP contribution in [0.15, 0.2) is 0 Å². The molecular weight excluding hydrogens is 262 g/mol. The Morgan fingerprint density at radius 2 is 1.90 bits per heavy atom. The topological polar surface area (TPSA) is 101 Å². The molecule has 114 valence electrons. The summed E-state index contributed by atoms with van der Waals surface area (Å²) in [7, 11) is 1.56. The first kappa shape index (κ1) is 16.4. The number of ether oxygens (including phenoxy) is 2. The Hall–Kier alpha value is -1.67. The molecule has 1 rings (SSSR count). The third-order valence-corrected chi connectivity index (χ3v) is 2.21. The molecule has 0 saturated heterocycles. The molecule has 1 heterocycles. The lowest BCUT2D eigenvalue weighted by molar-refractivity contribution is 0.152. The summed E-state index contributed by atoms with van der Waals surface area (Å²) in [6.07, 6.45) is -0.0349. The van der Waals surface area contributed by atoms with Crippen molar-refractivity contribution in [2.75, 3.05) is 37.5 Å². The van der Waals surface area contributed by atoms with Crippen LogP contribution in [0.4, 0.5) is 11.9 Å². The molecule has 1 atom stereocenters. The molecule has 3 N–H and O–H groups in total. The van der Waals surface area contributed by atoms with E-state index in [1.54, 1.807) is 7.11 Å². The van der Waals surface area contributed by atoms with E-state index in [0.29, 0.717) is 25.0 Å². The Kier molecular flexibility index (Phi) is 6.96. The normalized spacial score (nSPS) is 12.3. The van der Waals surface area contributed by atoms with Gasteiger partial charge < -0.3 is 25.2 Å². The molecule has 0 bridgehead atoms. The Morgan fingerprint density at radius 1 is 1.20 bits per heavy atom. The molecule has 1 aromatic rings. The van der Waals surface area contributed by atoms with Gasteiger partial charge in [-0.1, -0.05) is 0 Å².